The third kappa shape index (κ3) is 3.32. The molecule has 0 atom stereocenters. The van der Waals surface area contributed by atoms with Gasteiger partial charge in [0, 0.05) is 34.9 Å². The number of aryl methyl sites for hydroxylation is 1. The van der Waals surface area contributed by atoms with Crippen LogP contribution in [0.1, 0.15) is 5.69 Å². The fourth-order valence-corrected chi connectivity index (χ4v) is 2.94. The van der Waals surface area contributed by atoms with Crippen LogP contribution in [0.2, 0.25) is 5.02 Å². The molecule has 2 aromatic carbocycles. The molecule has 2 aromatic heterocycles. The minimum absolute atomic E-state index is 0.00433. The van der Waals surface area contributed by atoms with E-state index in [1.807, 2.05) is 66.1 Å². The lowest BCUT2D eigenvalue weighted by molar-refractivity contribution is 1.08. The van der Waals surface area contributed by atoms with E-state index in [1.165, 1.54) is 5.69 Å². The molecule has 0 bridgehead atoms. The Hall–Kier alpha value is -3.11. The SMILES string of the molecule is Cc1cc2c(cn1)c(=O)ccn2-c1ccccc1.Clc1ccc2c(c1)N2. The van der Waals surface area contributed by atoms with Gasteiger partial charge >= 0.3 is 0 Å². The predicted molar refractivity (Wildman–Crippen MR) is 107 cm³/mol. The van der Waals surface area contributed by atoms with Crippen molar-refractivity contribution in [2.24, 2.45) is 0 Å². The zero-order chi connectivity index (χ0) is 18.1. The average Bonchev–Trinajstić information content (AvgIpc) is 3.42. The van der Waals surface area contributed by atoms with Crippen LogP contribution in [-0.4, -0.2) is 9.55 Å². The lowest BCUT2D eigenvalue weighted by Gasteiger charge is -2.10. The Kier molecular flexibility index (Phi) is 4.19. The second kappa shape index (κ2) is 6.65. The molecule has 3 heterocycles. The van der Waals surface area contributed by atoms with Crippen molar-refractivity contribution in [1.29, 1.82) is 0 Å². The topological polar surface area (TPSA) is 56.8 Å². The first-order valence-electron chi connectivity index (χ1n) is 8.22. The highest BCUT2D eigenvalue weighted by molar-refractivity contribution is 6.31. The number of anilines is 2. The molecule has 5 heteroatoms. The maximum Gasteiger partial charge on any atom is 0.190 e. The second-order valence-electron chi connectivity index (χ2n) is 6.04. The Morgan fingerprint density at radius 1 is 1.00 bits per heavy atom. The van der Waals surface area contributed by atoms with Crippen molar-refractivity contribution in [2.75, 3.05) is 5.32 Å². The van der Waals surface area contributed by atoms with Crippen LogP contribution in [0, 0.1) is 6.92 Å². The van der Waals surface area contributed by atoms with Crippen molar-refractivity contribution in [3.63, 3.8) is 0 Å². The Bertz CT molecular complexity index is 1150. The Balaban J connectivity index is 0.000000174. The lowest BCUT2D eigenvalue weighted by atomic mass is 10.2. The van der Waals surface area contributed by atoms with Crippen molar-refractivity contribution in [3.8, 4) is 5.69 Å². The number of nitrogens with zero attached hydrogens (tertiary/aromatic N) is 2. The minimum atomic E-state index is 0.00433. The lowest BCUT2D eigenvalue weighted by Crippen LogP contribution is -2.07. The normalized spacial score (nSPS) is 11.2. The fraction of sp³-hybridized carbons (Fsp3) is 0.0476. The zero-order valence-electron chi connectivity index (χ0n) is 14.1. The van der Waals surface area contributed by atoms with Crippen LogP contribution >= 0.6 is 11.6 Å². The van der Waals surface area contributed by atoms with Gasteiger partial charge in [0.1, 0.15) is 0 Å². The van der Waals surface area contributed by atoms with Gasteiger partial charge in [-0.25, -0.2) is 0 Å². The molecule has 0 aliphatic carbocycles. The van der Waals surface area contributed by atoms with Gasteiger partial charge in [-0.2, -0.15) is 0 Å². The van der Waals surface area contributed by atoms with Gasteiger partial charge in [0.2, 0.25) is 0 Å². The summed E-state index contributed by atoms with van der Waals surface area (Å²) >= 11 is 5.64. The van der Waals surface area contributed by atoms with Gasteiger partial charge in [0.05, 0.1) is 22.3 Å². The molecule has 0 spiro atoms. The van der Waals surface area contributed by atoms with E-state index in [0.29, 0.717) is 5.39 Å². The quantitative estimate of drug-likeness (QED) is 0.423. The van der Waals surface area contributed by atoms with Crippen LogP contribution in [0.4, 0.5) is 11.4 Å². The molecule has 26 heavy (non-hydrogen) atoms. The average molecular weight is 362 g/mol. The van der Waals surface area contributed by atoms with Crippen molar-refractivity contribution < 1.29 is 0 Å². The van der Waals surface area contributed by atoms with Crippen molar-refractivity contribution in [1.82, 2.24) is 9.55 Å². The molecule has 1 aliphatic heterocycles. The Morgan fingerprint density at radius 3 is 2.54 bits per heavy atom. The summed E-state index contributed by atoms with van der Waals surface area (Å²) in [5.41, 5.74) is 5.20. The van der Waals surface area contributed by atoms with E-state index >= 15 is 0 Å². The molecule has 0 unspecified atom stereocenters. The van der Waals surface area contributed by atoms with Gasteiger partial charge in [-0.3, -0.25) is 9.78 Å². The molecule has 5 rings (SSSR count). The highest BCUT2D eigenvalue weighted by Crippen LogP contribution is 2.39. The van der Waals surface area contributed by atoms with E-state index in [1.54, 1.807) is 18.5 Å². The van der Waals surface area contributed by atoms with Crippen LogP contribution in [0.15, 0.2) is 77.9 Å². The largest absolute Gasteiger partial charge is 0.352 e. The third-order valence-corrected chi connectivity index (χ3v) is 4.38. The first kappa shape index (κ1) is 16.4. The molecule has 0 saturated carbocycles. The fourth-order valence-electron chi connectivity index (χ4n) is 2.77. The summed E-state index contributed by atoms with van der Waals surface area (Å²) in [5.74, 6) is 0. The smallest absolute Gasteiger partial charge is 0.190 e. The molecule has 0 radical (unpaired) electrons. The summed E-state index contributed by atoms with van der Waals surface area (Å²) in [6, 6.07) is 19.2. The van der Waals surface area contributed by atoms with E-state index in [2.05, 4.69) is 10.3 Å². The van der Waals surface area contributed by atoms with Gasteiger partial charge in [-0.1, -0.05) is 29.8 Å². The summed E-state index contributed by atoms with van der Waals surface area (Å²) in [6.45, 7) is 1.92. The summed E-state index contributed by atoms with van der Waals surface area (Å²) in [6.07, 6.45) is 3.45. The summed E-state index contributed by atoms with van der Waals surface area (Å²) in [7, 11) is 0. The van der Waals surface area contributed by atoms with E-state index in [-0.39, 0.29) is 5.43 Å². The number of hydrogen-bond acceptors (Lipinski definition) is 3. The van der Waals surface area contributed by atoms with Gasteiger partial charge in [0.25, 0.3) is 0 Å². The van der Waals surface area contributed by atoms with Gasteiger partial charge in [-0.15, -0.1) is 0 Å². The molecule has 1 aliphatic rings. The van der Waals surface area contributed by atoms with Crippen molar-refractivity contribution in [2.45, 2.75) is 6.92 Å². The number of nitrogens with one attached hydrogen (secondary N) is 1. The van der Waals surface area contributed by atoms with Crippen LogP contribution < -0.4 is 10.7 Å². The Morgan fingerprint density at radius 2 is 1.81 bits per heavy atom. The van der Waals surface area contributed by atoms with Crippen LogP contribution in [0.25, 0.3) is 16.6 Å². The highest BCUT2D eigenvalue weighted by Gasteiger charge is 2.13. The summed E-state index contributed by atoms with van der Waals surface area (Å²) in [4.78, 5) is 16.0. The second-order valence-corrected chi connectivity index (χ2v) is 6.48. The van der Waals surface area contributed by atoms with E-state index in [9.17, 15) is 4.79 Å². The number of fused-ring (bicyclic) bond motifs is 2. The van der Waals surface area contributed by atoms with Crippen molar-refractivity contribution >= 4 is 33.9 Å². The Labute approximate surface area is 155 Å². The minimum Gasteiger partial charge on any atom is -0.352 e. The van der Waals surface area contributed by atoms with Crippen molar-refractivity contribution in [3.05, 3.63) is 94.0 Å². The van der Waals surface area contributed by atoms with Gasteiger partial charge < -0.3 is 9.88 Å². The van der Waals surface area contributed by atoms with Gasteiger partial charge in [-0.05, 0) is 43.3 Å². The van der Waals surface area contributed by atoms with Gasteiger partial charge in [0.15, 0.2) is 5.43 Å². The highest BCUT2D eigenvalue weighted by atomic mass is 35.5. The molecule has 4 nitrogen and oxygen atoms in total. The number of halogens is 1. The van der Waals surface area contributed by atoms with Crippen LogP contribution in [0.3, 0.4) is 0 Å². The number of aromatic nitrogens is 2. The maximum atomic E-state index is 11.8. The first-order chi connectivity index (χ1) is 12.6. The predicted octanol–water partition coefficient (Wildman–Crippen LogP) is 5.09. The molecule has 4 aromatic rings. The number of hydrogen-bond donors (Lipinski definition) is 1. The molecule has 0 fully saturated rings. The molecule has 128 valence electrons. The number of para-hydroxylation sites is 1. The number of pyridine rings is 2. The monoisotopic (exact) mass is 361 g/mol. The zero-order valence-corrected chi connectivity index (χ0v) is 14.9. The summed E-state index contributed by atoms with van der Waals surface area (Å²) < 4.78 is 2.01. The molecular weight excluding hydrogens is 346 g/mol. The van der Waals surface area contributed by atoms with E-state index in [4.69, 9.17) is 11.6 Å². The van der Waals surface area contributed by atoms with E-state index < -0.39 is 0 Å². The van der Waals surface area contributed by atoms with E-state index in [0.717, 1.165) is 27.6 Å². The number of rotatable bonds is 1. The molecular formula is C21H16ClN3O. The van der Waals surface area contributed by atoms with Crippen LogP contribution in [0.5, 0.6) is 0 Å². The molecule has 0 amide bonds. The summed E-state index contributed by atoms with van der Waals surface area (Å²) in [5, 5.41) is 4.49. The van der Waals surface area contributed by atoms with Crippen LogP contribution in [-0.2, 0) is 0 Å². The maximum absolute atomic E-state index is 11.8. The third-order valence-electron chi connectivity index (χ3n) is 4.14. The number of benzene rings is 2. The first-order valence-corrected chi connectivity index (χ1v) is 8.60. The molecule has 0 saturated heterocycles. The standard InChI is InChI=1S/C15H12N2O.C6H4ClN/c1-11-9-14-13(10-16-11)15(18)7-8-17(14)12-5-3-2-4-6-12;7-4-1-2-5-6(3-4)8-5/h2-10H,1H3;1-3,8H. The molecule has 1 N–H and O–H groups in total.